The monoisotopic (exact) mass is 369 g/mol. The van der Waals surface area contributed by atoms with Gasteiger partial charge >= 0.3 is 0 Å². The Morgan fingerprint density at radius 1 is 1.23 bits per heavy atom. The van der Waals surface area contributed by atoms with Crippen LogP contribution in [-0.4, -0.2) is 40.5 Å². The average molecular weight is 369 g/mol. The number of amides is 1. The Hall–Kier alpha value is -2.93. The highest BCUT2D eigenvalue weighted by atomic mass is 32.1. The number of carbonyl (C=O) groups excluding carboxylic acids is 2. The molecular weight excluding hydrogens is 350 g/mol. The topological polar surface area (TPSA) is 64.4 Å². The summed E-state index contributed by atoms with van der Waals surface area (Å²) in [6, 6.07) is 11.0. The fraction of sp³-hybridized carbons (Fsp3) is 0.211. The number of nitrogens with zero attached hydrogens (tertiary/aromatic N) is 3. The van der Waals surface area contributed by atoms with Gasteiger partial charge in [0.2, 0.25) is 0 Å². The molecule has 2 aromatic heterocycles. The van der Waals surface area contributed by atoms with Crippen LogP contribution in [0.2, 0.25) is 0 Å². The van der Waals surface area contributed by atoms with Crippen molar-refractivity contribution in [2.24, 2.45) is 0 Å². The van der Waals surface area contributed by atoms with Gasteiger partial charge in [0.05, 0.1) is 28.7 Å². The van der Waals surface area contributed by atoms with Crippen molar-refractivity contribution in [3.8, 4) is 11.4 Å². The van der Waals surface area contributed by atoms with Gasteiger partial charge in [-0.15, -0.1) is 11.3 Å². The van der Waals surface area contributed by atoms with Crippen LogP contribution in [0.15, 0.2) is 48.8 Å². The first-order valence-corrected chi connectivity index (χ1v) is 8.84. The van der Waals surface area contributed by atoms with Gasteiger partial charge in [0.25, 0.3) is 5.91 Å². The minimum Gasteiger partial charge on any atom is -0.497 e. The summed E-state index contributed by atoms with van der Waals surface area (Å²) in [7, 11) is 3.36. The van der Waals surface area contributed by atoms with Crippen molar-refractivity contribution in [2.75, 3.05) is 14.2 Å². The predicted molar refractivity (Wildman–Crippen MR) is 100 cm³/mol. The molecule has 0 spiro atoms. The molecule has 0 saturated carbocycles. The van der Waals surface area contributed by atoms with Crippen molar-refractivity contribution in [1.82, 2.24) is 14.7 Å². The number of Topliss-reactive ketones (excluding diaryl/α,β-unsaturated/α-hetero) is 1. The second-order valence-electron chi connectivity index (χ2n) is 5.88. The first-order valence-electron chi connectivity index (χ1n) is 8.02. The lowest BCUT2D eigenvalue weighted by Crippen LogP contribution is -2.25. The average Bonchev–Trinajstić information content (AvgIpc) is 3.31. The molecule has 3 aromatic rings. The number of carbonyl (C=O) groups is 2. The molecule has 0 bridgehead atoms. The third-order valence-electron chi connectivity index (χ3n) is 3.88. The van der Waals surface area contributed by atoms with E-state index in [1.807, 2.05) is 30.5 Å². The maximum absolute atomic E-state index is 12.5. The molecule has 2 heterocycles. The molecule has 0 N–H and O–H groups in total. The smallest absolute Gasteiger partial charge is 0.263 e. The summed E-state index contributed by atoms with van der Waals surface area (Å²) < 4.78 is 6.98. The molecule has 0 aliphatic heterocycles. The molecule has 3 rings (SSSR count). The number of methoxy groups -OCH3 is 1. The number of rotatable bonds is 6. The van der Waals surface area contributed by atoms with Gasteiger partial charge in [-0.05, 0) is 31.2 Å². The largest absolute Gasteiger partial charge is 0.497 e. The quantitative estimate of drug-likeness (QED) is 0.625. The van der Waals surface area contributed by atoms with E-state index in [0.29, 0.717) is 16.3 Å². The number of aromatic nitrogens is 2. The normalized spacial score (nSPS) is 10.6. The molecule has 1 amide bonds. The number of ether oxygens (including phenoxy) is 1. The van der Waals surface area contributed by atoms with Crippen LogP contribution in [0.5, 0.6) is 5.75 Å². The molecular formula is C19H19N3O3S. The fourth-order valence-corrected chi connectivity index (χ4v) is 3.41. The number of ketones is 1. The van der Waals surface area contributed by atoms with Crippen LogP contribution in [0.25, 0.3) is 5.69 Å². The summed E-state index contributed by atoms with van der Waals surface area (Å²) in [5.41, 5.74) is 1.79. The van der Waals surface area contributed by atoms with E-state index < -0.39 is 0 Å². The highest BCUT2D eigenvalue weighted by Crippen LogP contribution is 2.20. The zero-order valence-corrected chi connectivity index (χ0v) is 15.6. The Bertz CT molecular complexity index is 945. The van der Waals surface area contributed by atoms with E-state index in [9.17, 15) is 9.59 Å². The van der Waals surface area contributed by atoms with Gasteiger partial charge in [0.15, 0.2) is 5.78 Å². The highest BCUT2D eigenvalue weighted by molar-refractivity contribution is 7.15. The van der Waals surface area contributed by atoms with Crippen molar-refractivity contribution >= 4 is 23.0 Å². The van der Waals surface area contributed by atoms with E-state index in [2.05, 4.69) is 5.10 Å². The van der Waals surface area contributed by atoms with Gasteiger partial charge in [-0.25, -0.2) is 4.68 Å². The zero-order chi connectivity index (χ0) is 18.7. The van der Waals surface area contributed by atoms with Gasteiger partial charge in [0.1, 0.15) is 5.75 Å². The third kappa shape index (κ3) is 3.83. The lowest BCUT2D eigenvalue weighted by molar-refractivity contribution is 0.0789. The van der Waals surface area contributed by atoms with Crippen molar-refractivity contribution in [1.29, 1.82) is 0 Å². The maximum atomic E-state index is 12.5. The van der Waals surface area contributed by atoms with E-state index in [4.69, 9.17) is 4.74 Å². The Labute approximate surface area is 155 Å². The lowest BCUT2D eigenvalue weighted by atomic mass is 10.3. The molecule has 0 aliphatic carbocycles. The first kappa shape index (κ1) is 17.9. The summed E-state index contributed by atoms with van der Waals surface area (Å²) in [6.07, 6.45) is 3.62. The van der Waals surface area contributed by atoms with E-state index >= 15 is 0 Å². The first-order chi connectivity index (χ1) is 12.5. The molecule has 0 fully saturated rings. The van der Waals surface area contributed by atoms with E-state index in [0.717, 1.165) is 17.0 Å². The van der Waals surface area contributed by atoms with Gasteiger partial charge < -0.3 is 9.64 Å². The molecule has 0 saturated heterocycles. The fourth-order valence-electron chi connectivity index (χ4n) is 2.51. The van der Waals surface area contributed by atoms with Crippen molar-refractivity contribution in [2.45, 2.75) is 13.5 Å². The molecule has 26 heavy (non-hydrogen) atoms. The van der Waals surface area contributed by atoms with E-state index in [-0.39, 0.29) is 11.7 Å². The van der Waals surface area contributed by atoms with Crippen LogP contribution < -0.4 is 4.74 Å². The SMILES string of the molecule is COc1cccc(-n2cc(CN(C)C(=O)c3ccc(C(C)=O)s3)cn2)c1. The molecule has 6 nitrogen and oxygen atoms in total. The molecule has 7 heteroatoms. The van der Waals surface area contributed by atoms with Crippen molar-refractivity contribution in [3.63, 3.8) is 0 Å². The summed E-state index contributed by atoms with van der Waals surface area (Å²) in [4.78, 5) is 26.7. The highest BCUT2D eigenvalue weighted by Gasteiger charge is 2.16. The third-order valence-corrected chi connectivity index (χ3v) is 5.06. The summed E-state index contributed by atoms with van der Waals surface area (Å²) in [5, 5.41) is 4.36. The molecule has 0 radical (unpaired) electrons. The standard InChI is InChI=1S/C19H19N3O3S/c1-13(23)17-7-8-18(26-17)19(24)21(2)11-14-10-20-22(12-14)15-5-4-6-16(9-15)25-3/h4-10,12H,11H2,1-3H3. The van der Waals surface area contributed by atoms with Gasteiger partial charge in [-0.2, -0.15) is 5.10 Å². The lowest BCUT2D eigenvalue weighted by Gasteiger charge is -2.14. The Morgan fingerprint density at radius 2 is 2.00 bits per heavy atom. The predicted octanol–water partition coefficient (Wildman–Crippen LogP) is 3.42. The molecule has 134 valence electrons. The van der Waals surface area contributed by atoms with Crippen LogP contribution in [0.3, 0.4) is 0 Å². The minimum absolute atomic E-state index is 0.0312. The van der Waals surface area contributed by atoms with E-state index in [1.54, 1.807) is 42.1 Å². The summed E-state index contributed by atoms with van der Waals surface area (Å²) in [5.74, 6) is 0.610. The maximum Gasteiger partial charge on any atom is 0.263 e. The van der Waals surface area contributed by atoms with Crippen LogP contribution in [0.1, 0.15) is 31.8 Å². The summed E-state index contributed by atoms with van der Waals surface area (Å²) in [6.45, 7) is 1.92. The number of hydrogen-bond donors (Lipinski definition) is 0. The van der Waals surface area contributed by atoms with Crippen LogP contribution in [0, 0.1) is 0 Å². The van der Waals surface area contributed by atoms with Gasteiger partial charge in [0, 0.05) is 31.4 Å². The van der Waals surface area contributed by atoms with E-state index in [1.165, 1.54) is 18.3 Å². The Kier molecular flexibility index (Phi) is 5.18. The van der Waals surface area contributed by atoms with Crippen molar-refractivity contribution < 1.29 is 14.3 Å². The van der Waals surface area contributed by atoms with Crippen LogP contribution in [0.4, 0.5) is 0 Å². The van der Waals surface area contributed by atoms with Crippen molar-refractivity contribution in [3.05, 3.63) is 64.1 Å². The Morgan fingerprint density at radius 3 is 2.69 bits per heavy atom. The molecule has 0 aliphatic rings. The molecule has 0 unspecified atom stereocenters. The number of thiophene rings is 1. The molecule has 1 aromatic carbocycles. The van der Waals surface area contributed by atoms with Crippen LogP contribution >= 0.6 is 11.3 Å². The Balaban J connectivity index is 1.71. The second-order valence-corrected chi connectivity index (χ2v) is 6.96. The summed E-state index contributed by atoms with van der Waals surface area (Å²) >= 11 is 1.22. The van der Waals surface area contributed by atoms with Gasteiger partial charge in [-0.1, -0.05) is 6.07 Å². The van der Waals surface area contributed by atoms with Gasteiger partial charge in [-0.3, -0.25) is 9.59 Å². The number of benzene rings is 1. The molecule has 0 atom stereocenters. The minimum atomic E-state index is -0.114. The number of hydrogen-bond acceptors (Lipinski definition) is 5. The van der Waals surface area contributed by atoms with Crippen LogP contribution in [-0.2, 0) is 6.54 Å². The second kappa shape index (κ2) is 7.53. The zero-order valence-electron chi connectivity index (χ0n) is 14.8.